The lowest BCUT2D eigenvalue weighted by Crippen LogP contribution is -2.29. The Balaban J connectivity index is 2.06. The lowest BCUT2D eigenvalue weighted by molar-refractivity contribution is -0.123. The first kappa shape index (κ1) is 20.7. The van der Waals surface area contributed by atoms with E-state index in [0.29, 0.717) is 35.1 Å². The van der Waals surface area contributed by atoms with Crippen LogP contribution in [0, 0.1) is 6.92 Å². The van der Waals surface area contributed by atoms with Crippen molar-refractivity contribution >= 4 is 23.5 Å². The van der Waals surface area contributed by atoms with Crippen LogP contribution < -0.4 is 10.1 Å². The number of hydrogen-bond donors (Lipinski definition) is 1. The van der Waals surface area contributed by atoms with E-state index in [4.69, 9.17) is 21.1 Å². The van der Waals surface area contributed by atoms with E-state index in [1.807, 2.05) is 26.0 Å². The van der Waals surface area contributed by atoms with Gasteiger partial charge in [-0.3, -0.25) is 9.78 Å². The van der Waals surface area contributed by atoms with Gasteiger partial charge in [0.05, 0.1) is 12.8 Å². The SMILES string of the molecule is CCCc1nc(C)cc(OCC(=O)NCc2ccc(Cl)cc2)c1C(=O)OC. The zero-order valence-electron chi connectivity index (χ0n) is 15.7. The predicted octanol–water partition coefficient (Wildman–Crippen LogP) is 3.48. The number of aromatic nitrogens is 1. The highest BCUT2D eigenvalue weighted by Crippen LogP contribution is 2.24. The fourth-order valence-corrected chi connectivity index (χ4v) is 2.68. The van der Waals surface area contributed by atoms with Crippen molar-refractivity contribution in [3.8, 4) is 5.75 Å². The standard InChI is InChI=1S/C20H23ClN2O4/c1-4-5-16-19(20(25)26-3)17(10-13(2)23-16)27-12-18(24)22-11-14-6-8-15(21)9-7-14/h6-10H,4-5,11-12H2,1-3H3,(H,22,24). The molecule has 0 aliphatic heterocycles. The summed E-state index contributed by atoms with van der Waals surface area (Å²) in [6.45, 7) is 3.95. The second kappa shape index (κ2) is 9.92. The molecule has 27 heavy (non-hydrogen) atoms. The number of halogens is 1. The number of esters is 1. The van der Waals surface area contributed by atoms with Crippen LogP contribution in [0.1, 0.15) is 40.7 Å². The van der Waals surface area contributed by atoms with Crippen LogP contribution in [0.5, 0.6) is 5.75 Å². The summed E-state index contributed by atoms with van der Waals surface area (Å²) in [5, 5.41) is 3.41. The number of amides is 1. The van der Waals surface area contributed by atoms with Crippen molar-refractivity contribution in [1.29, 1.82) is 0 Å². The fourth-order valence-electron chi connectivity index (χ4n) is 2.55. The highest BCUT2D eigenvalue weighted by molar-refractivity contribution is 6.30. The summed E-state index contributed by atoms with van der Waals surface area (Å²) in [6, 6.07) is 8.83. The maximum atomic E-state index is 12.2. The van der Waals surface area contributed by atoms with Crippen LogP contribution in [0.25, 0.3) is 0 Å². The highest BCUT2D eigenvalue weighted by Gasteiger charge is 2.21. The van der Waals surface area contributed by atoms with Crippen molar-refractivity contribution in [2.24, 2.45) is 0 Å². The maximum Gasteiger partial charge on any atom is 0.343 e. The first-order chi connectivity index (χ1) is 12.9. The number of methoxy groups -OCH3 is 1. The van der Waals surface area contributed by atoms with Crippen molar-refractivity contribution < 1.29 is 19.1 Å². The van der Waals surface area contributed by atoms with Gasteiger partial charge in [-0.25, -0.2) is 4.79 Å². The van der Waals surface area contributed by atoms with E-state index in [0.717, 1.165) is 12.0 Å². The number of benzene rings is 1. The number of ether oxygens (including phenoxy) is 2. The van der Waals surface area contributed by atoms with Crippen molar-refractivity contribution in [2.75, 3.05) is 13.7 Å². The molecule has 1 aromatic heterocycles. The molecule has 0 fully saturated rings. The molecule has 0 saturated heterocycles. The zero-order valence-corrected chi connectivity index (χ0v) is 16.4. The molecule has 6 nitrogen and oxygen atoms in total. The number of carbonyl (C=O) groups excluding carboxylic acids is 2. The second-order valence-corrected chi connectivity index (χ2v) is 6.45. The van der Waals surface area contributed by atoms with E-state index in [1.54, 1.807) is 18.2 Å². The van der Waals surface area contributed by atoms with E-state index in [1.165, 1.54) is 7.11 Å². The van der Waals surface area contributed by atoms with Gasteiger partial charge in [-0.2, -0.15) is 0 Å². The minimum Gasteiger partial charge on any atom is -0.483 e. The summed E-state index contributed by atoms with van der Waals surface area (Å²) in [7, 11) is 1.31. The summed E-state index contributed by atoms with van der Waals surface area (Å²) < 4.78 is 10.5. The van der Waals surface area contributed by atoms with Crippen molar-refractivity contribution in [3.05, 3.63) is 57.9 Å². The fraction of sp³-hybridized carbons (Fsp3) is 0.350. The van der Waals surface area contributed by atoms with E-state index < -0.39 is 5.97 Å². The number of aryl methyl sites for hydroxylation is 2. The van der Waals surface area contributed by atoms with Gasteiger partial charge in [0.1, 0.15) is 11.3 Å². The largest absolute Gasteiger partial charge is 0.483 e. The number of carbonyl (C=O) groups is 2. The minimum absolute atomic E-state index is 0.216. The van der Waals surface area contributed by atoms with Gasteiger partial charge >= 0.3 is 5.97 Å². The van der Waals surface area contributed by atoms with E-state index in [-0.39, 0.29) is 18.1 Å². The van der Waals surface area contributed by atoms with Crippen LogP contribution >= 0.6 is 11.6 Å². The first-order valence-electron chi connectivity index (χ1n) is 8.67. The Kier molecular flexibility index (Phi) is 7.61. The molecule has 0 aliphatic carbocycles. The molecular weight excluding hydrogens is 368 g/mol. The molecule has 2 rings (SSSR count). The topological polar surface area (TPSA) is 77.5 Å². The predicted molar refractivity (Wildman–Crippen MR) is 103 cm³/mol. The zero-order chi connectivity index (χ0) is 19.8. The van der Waals surface area contributed by atoms with Crippen LogP contribution in [0.2, 0.25) is 5.02 Å². The molecule has 1 amide bonds. The molecule has 0 radical (unpaired) electrons. The molecule has 0 aliphatic rings. The molecule has 7 heteroatoms. The Hall–Kier alpha value is -2.60. The van der Waals surface area contributed by atoms with Crippen molar-refractivity contribution in [2.45, 2.75) is 33.2 Å². The Labute approximate surface area is 163 Å². The van der Waals surface area contributed by atoms with Gasteiger partial charge in [0, 0.05) is 23.3 Å². The van der Waals surface area contributed by atoms with Crippen LogP contribution in [0.15, 0.2) is 30.3 Å². The Morgan fingerprint density at radius 1 is 1.22 bits per heavy atom. The minimum atomic E-state index is -0.525. The van der Waals surface area contributed by atoms with Crippen LogP contribution in [0.3, 0.4) is 0 Å². The van der Waals surface area contributed by atoms with Gasteiger partial charge in [0.15, 0.2) is 6.61 Å². The Morgan fingerprint density at radius 3 is 2.56 bits per heavy atom. The summed E-state index contributed by atoms with van der Waals surface area (Å²) in [6.07, 6.45) is 1.44. The molecule has 1 heterocycles. The van der Waals surface area contributed by atoms with E-state index in [9.17, 15) is 9.59 Å². The van der Waals surface area contributed by atoms with Gasteiger partial charge in [0.2, 0.25) is 0 Å². The average molecular weight is 391 g/mol. The van der Waals surface area contributed by atoms with Gasteiger partial charge in [-0.05, 0) is 31.0 Å². The van der Waals surface area contributed by atoms with Crippen LogP contribution in [-0.2, 0) is 22.5 Å². The van der Waals surface area contributed by atoms with Crippen LogP contribution in [0.4, 0.5) is 0 Å². The molecule has 0 bridgehead atoms. The molecule has 0 saturated carbocycles. The second-order valence-electron chi connectivity index (χ2n) is 6.02. The average Bonchev–Trinajstić information content (AvgIpc) is 2.65. The third-order valence-corrected chi connectivity index (χ3v) is 4.08. The molecule has 0 spiro atoms. The molecule has 0 atom stereocenters. The summed E-state index contributed by atoms with van der Waals surface area (Å²) in [4.78, 5) is 28.7. The number of hydrogen-bond acceptors (Lipinski definition) is 5. The third-order valence-electron chi connectivity index (χ3n) is 3.82. The Morgan fingerprint density at radius 2 is 1.93 bits per heavy atom. The lowest BCUT2D eigenvalue weighted by Gasteiger charge is -2.14. The number of nitrogens with zero attached hydrogens (tertiary/aromatic N) is 1. The first-order valence-corrected chi connectivity index (χ1v) is 9.05. The van der Waals surface area contributed by atoms with Gasteiger partial charge in [0.25, 0.3) is 5.91 Å². The number of pyridine rings is 1. The summed E-state index contributed by atoms with van der Waals surface area (Å²) >= 11 is 5.84. The van der Waals surface area contributed by atoms with Gasteiger partial charge in [-0.1, -0.05) is 37.1 Å². The molecule has 0 unspecified atom stereocenters. The van der Waals surface area contributed by atoms with Crippen molar-refractivity contribution in [1.82, 2.24) is 10.3 Å². The van der Waals surface area contributed by atoms with Crippen LogP contribution in [-0.4, -0.2) is 30.6 Å². The summed E-state index contributed by atoms with van der Waals surface area (Å²) in [5.41, 5.74) is 2.52. The number of rotatable bonds is 8. The third kappa shape index (κ3) is 5.96. The van der Waals surface area contributed by atoms with Crippen molar-refractivity contribution in [3.63, 3.8) is 0 Å². The molecule has 2 aromatic rings. The molecule has 1 aromatic carbocycles. The van der Waals surface area contributed by atoms with Gasteiger partial charge in [-0.15, -0.1) is 0 Å². The number of nitrogens with one attached hydrogen (secondary N) is 1. The highest BCUT2D eigenvalue weighted by atomic mass is 35.5. The molecule has 1 N–H and O–H groups in total. The smallest absolute Gasteiger partial charge is 0.343 e. The molecular formula is C20H23ClN2O4. The normalized spacial score (nSPS) is 10.4. The molecule has 144 valence electrons. The monoisotopic (exact) mass is 390 g/mol. The summed E-state index contributed by atoms with van der Waals surface area (Å²) in [5.74, 6) is -0.519. The van der Waals surface area contributed by atoms with E-state index >= 15 is 0 Å². The van der Waals surface area contributed by atoms with E-state index in [2.05, 4.69) is 10.3 Å². The lowest BCUT2D eigenvalue weighted by atomic mass is 10.1. The Bertz CT molecular complexity index is 806. The maximum absolute atomic E-state index is 12.2. The van der Waals surface area contributed by atoms with Gasteiger partial charge < -0.3 is 14.8 Å². The quantitative estimate of drug-likeness (QED) is 0.698.